The Balaban J connectivity index is 2.52. The summed E-state index contributed by atoms with van der Waals surface area (Å²) in [5.41, 5.74) is 5.68. The van der Waals surface area contributed by atoms with E-state index in [9.17, 15) is 4.79 Å². The lowest BCUT2D eigenvalue weighted by Gasteiger charge is -2.49. The lowest BCUT2D eigenvalue weighted by atomic mass is 9.82. The number of nitrogens with two attached hydrogens (primary N) is 1. The Hall–Kier alpha value is -0.570. The smallest absolute Gasteiger partial charge is 0.228 e. The second-order valence-corrected chi connectivity index (χ2v) is 5.11. The monoisotopic (exact) mass is 198 g/mol. The molecule has 0 aromatic rings. The van der Waals surface area contributed by atoms with Gasteiger partial charge in [-0.1, -0.05) is 27.7 Å². The maximum Gasteiger partial charge on any atom is 0.228 e. The molecule has 3 heteroatoms. The van der Waals surface area contributed by atoms with Crippen LogP contribution in [0.3, 0.4) is 0 Å². The quantitative estimate of drug-likeness (QED) is 0.744. The summed E-state index contributed by atoms with van der Waals surface area (Å²) in [4.78, 5) is 13.8. The van der Waals surface area contributed by atoms with Gasteiger partial charge in [0, 0.05) is 18.5 Å². The third-order valence-corrected chi connectivity index (χ3v) is 3.47. The number of hydrogen-bond acceptors (Lipinski definition) is 2. The van der Waals surface area contributed by atoms with E-state index in [0.29, 0.717) is 0 Å². The van der Waals surface area contributed by atoms with Gasteiger partial charge in [-0.05, 0) is 12.8 Å². The second kappa shape index (κ2) is 3.54. The fourth-order valence-corrected chi connectivity index (χ4v) is 1.66. The minimum atomic E-state index is -0.227. The molecule has 1 aliphatic heterocycles. The van der Waals surface area contributed by atoms with Gasteiger partial charge in [0.1, 0.15) is 0 Å². The Morgan fingerprint density at radius 2 is 1.93 bits per heavy atom. The molecular weight excluding hydrogens is 176 g/mol. The molecule has 0 aliphatic carbocycles. The lowest BCUT2D eigenvalue weighted by molar-refractivity contribution is -0.148. The van der Waals surface area contributed by atoms with Gasteiger partial charge in [0.2, 0.25) is 5.91 Å². The zero-order chi connectivity index (χ0) is 11.0. The zero-order valence-electron chi connectivity index (χ0n) is 9.76. The fraction of sp³-hybridized carbons (Fsp3) is 0.909. The van der Waals surface area contributed by atoms with E-state index >= 15 is 0 Å². The van der Waals surface area contributed by atoms with Crippen LogP contribution in [0.5, 0.6) is 0 Å². The topological polar surface area (TPSA) is 46.3 Å². The van der Waals surface area contributed by atoms with E-state index in [4.69, 9.17) is 5.73 Å². The van der Waals surface area contributed by atoms with Gasteiger partial charge in [-0.15, -0.1) is 0 Å². The van der Waals surface area contributed by atoms with Gasteiger partial charge in [0.25, 0.3) is 0 Å². The lowest BCUT2D eigenvalue weighted by Crippen LogP contribution is -2.69. The molecule has 0 radical (unpaired) electrons. The van der Waals surface area contributed by atoms with Crippen molar-refractivity contribution in [3.8, 4) is 0 Å². The van der Waals surface area contributed by atoms with E-state index < -0.39 is 0 Å². The van der Waals surface area contributed by atoms with E-state index in [-0.39, 0.29) is 16.9 Å². The van der Waals surface area contributed by atoms with Crippen molar-refractivity contribution in [3.63, 3.8) is 0 Å². The Morgan fingerprint density at radius 1 is 1.43 bits per heavy atom. The standard InChI is InChI=1S/C11H22N2O/c1-5-10(3,4)9(14)13-7-11(12,6-2)8-13/h5-8,12H2,1-4H3. The SMILES string of the molecule is CCC1(N)CN(C(=O)C(C)(C)CC)C1. The van der Waals surface area contributed by atoms with Crippen LogP contribution in [-0.4, -0.2) is 29.4 Å². The van der Waals surface area contributed by atoms with E-state index in [1.807, 2.05) is 25.7 Å². The average Bonchev–Trinajstić information content (AvgIpc) is 2.11. The summed E-state index contributed by atoms with van der Waals surface area (Å²) in [5, 5.41) is 0. The van der Waals surface area contributed by atoms with Crippen LogP contribution in [0.15, 0.2) is 0 Å². The van der Waals surface area contributed by atoms with Gasteiger partial charge in [-0.2, -0.15) is 0 Å². The molecule has 0 aromatic heterocycles. The van der Waals surface area contributed by atoms with E-state index in [0.717, 1.165) is 25.9 Å². The van der Waals surface area contributed by atoms with E-state index in [1.165, 1.54) is 0 Å². The minimum Gasteiger partial charge on any atom is -0.338 e. The number of amides is 1. The largest absolute Gasteiger partial charge is 0.338 e. The fourth-order valence-electron chi connectivity index (χ4n) is 1.66. The van der Waals surface area contributed by atoms with Crippen molar-refractivity contribution >= 4 is 5.91 Å². The molecule has 1 rings (SSSR count). The van der Waals surface area contributed by atoms with E-state index in [1.54, 1.807) is 0 Å². The normalized spacial score (nSPS) is 20.5. The van der Waals surface area contributed by atoms with Gasteiger partial charge < -0.3 is 10.6 Å². The third kappa shape index (κ3) is 1.92. The summed E-state index contributed by atoms with van der Waals surface area (Å²) in [6.45, 7) is 9.58. The molecule has 3 nitrogen and oxygen atoms in total. The van der Waals surface area contributed by atoms with Crippen molar-refractivity contribution in [2.45, 2.75) is 46.1 Å². The first-order valence-electron chi connectivity index (χ1n) is 5.43. The summed E-state index contributed by atoms with van der Waals surface area (Å²) in [6, 6.07) is 0. The number of nitrogens with zero attached hydrogens (tertiary/aromatic N) is 1. The highest BCUT2D eigenvalue weighted by Gasteiger charge is 2.43. The molecule has 2 N–H and O–H groups in total. The summed E-state index contributed by atoms with van der Waals surface area (Å²) >= 11 is 0. The summed E-state index contributed by atoms with van der Waals surface area (Å²) < 4.78 is 0. The second-order valence-electron chi connectivity index (χ2n) is 5.11. The first-order valence-corrected chi connectivity index (χ1v) is 5.43. The molecule has 0 atom stereocenters. The van der Waals surface area contributed by atoms with Crippen molar-refractivity contribution in [3.05, 3.63) is 0 Å². The molecule has 1 aliphatic rings. The number of likely N-dealkylation sites (tertiary alicyclic amines) is 1. The molecule has 82 valence electrons. The number of rotatable bonds is 3. The molecule has 1 heterocycles. The first kappa shape index (κ1) is 11.5. The van der Waals surface area contributed by atoms with Crippen LogP contribution in [0.2, 0.25) is 0 Å². The van der Waals surface area contributed by atoms with Crippen LogP contribution in [0.25, 0.3) is 0 Å². The van der Waals surface area contributed by atoms with Crippen LogP contribution in [0.4, 0.5) is 0 Å². The summed E-state index contributed by atoms with van der Waals surface area (Å²) in [6.07, 6.45) is 1.83. The highest BCUT2D eigenvalue weighted by atomic mass is 16.2. The van der Waals surface area contributed by atoms with Gasteiger partial charge in [0.15, 0.2) is 0 Å². The summed E-state index contributed by atoms with van der Waals surface area (Å²) in [5.74, 6) is 0.245. The van der Waals surface area contributed by atoms with Crippen LogP contribution in [-0.2, 0) is 4.79 Å². The molecule has 0 spiro atoms. The van der Waals surface area contributed by atoms with Gasteiger partial charge in [-0.3, -0.25) is 4.79 Å². The van der Waals surface area contributed by atoms with Crippen LogP contribution < -0.4 is 5.73 Å². The van der Waals surface area contributed by atoms with Crippen LogP contribution in [0, 0.1) is 5.41 Å². The molecule has 1 amide bonds. The Labute approximate surface area is 86.6 Å². The molecule has 0 bridgehead atoms. The highest BCUT2D eigenvalue weighted by molar-refractivity contribution is 5.83. The maximum absolute atomic E-state index is 12.0. The van der Waals surface area contributed by atoms with Crippen LogP contribution >= 0.6 is 0 Å². The van der Waals surface area contributed by atoms with E-state index in [2.05, 4.69) is 6.92 Å². The van der Waals surface area contributed by atoms with Crippen molar-refractivity contribution in [2.75, 3.05) is 13.1 Å². The number of carbonyl (C=O) groups is 1. The van der Waals surface area contributed by atoms with Crippen molar-refractivity contribution in [2.24, 2.45) is 11.1 Å². The first-order chi connectivity index (χ1) is 6.34. The molecular formula is C11H22N2O. The van der Waals surface area contributed by atoms with Crippen molar-refractivity contribution < 1.29 is 4.79 Å². The van der Waals surface area contributed by atoms with Crippen molar-refractivity contribution in [1.82, 2.24) is 4.90 Å². The third-order valence-electron chi connectivity index (χ3n) is 3.47. The summed E-state index contributed by atoms with van der Waals surface area (Å²) in [7, 11) is 0. The highest BCUT2D eigenvalue weighted by Crippen LogP contribution is 2.29. The molecule has 0 aromatic carbocycles. The average molecular weight is 198 g/mol. The molecule has 1 saturated heterocycles. The molecule has 0 saturated carbocycles. The minimum absolute atomic E-state index is 0.112. The Morgan fingerprint density at radius 3 is 2.29 bits per heavy atom. The van der Waals surface area contributed by atoms with Gasteiger partial charge in [-0.25, -0.2) is 0 Å². The zero-order valence-corrected chi connectivity index (χ0v) is 9.76. The Kier molecular flexibility index (Phi) is 2.91. The van der Waals surface area contributed by atoms with Crippen LogP contribution in [0.1, 0.15) is 40.5 Å². The predicted octanol–water partition coefficient (Wildman–Crippen LogP) is 1.37. The molecule has 1 fully saturated rings. The predicted molar refractivity (Wildman–Crippen MR) is 57.9 cm³/mol. The Bertz CT molecular complexity index is 229. The van der Waals surface area contributed by atoms with Crippen molar-refractivity contribution in [1.29, 1.82) is 0 Å². The van der Waals surface area contributed by atoms with Gasteiger partial charge >= 0.3 is 0 Å². The maximum atomic E-state index is 12.0. The van der Waals surface area contributed by atoms with Gasteiger partial charge in [0.05, 0.1) is 5.54 Å². The molecule has 14 heavy (non-hydrogen) atoms. The number of hydrogen-bond donors (Lipinski definition) is 1. The number of carbonyl (C=O) groups excluding carboxylic acids is 1. The molecule has 0 unspecified atom stereocenters.